The Labute approximate surface area is 286 Å². The molecule has 1 saturated heterocycles. The van der Waals surface area contributed by atoms with E-state index in [4.69, 9.17) is 13.9 Å². The number of cyclic esters (lactones) is 1. The lowest BCUT2D eigenvalue weighted by atomic mass is 9.44. The molecule has 254 valence electrons. The molecule has 2 aromatic carbocycles. The summed E-state index contributed by atoms with van der Waals surface area (Å²) in [4.78, 5) is 27.3. The fourth-order valence-electron chi connectivity index (χ4n) is 11.7. The molecular formula is C41H50O6Si. The van der Waals surface area contributed by atoms with Crippen molar-refractivity contribution in [2.24, 2.45) is 40.4 Å². The van der Waals surface area contributed by atoms with E-state index >= 15 is 0 Å². The van der Waals surface area contributed by atoms with Crippen LogP contribution in [0.15, 0.2) is 84.0 Å². The maximum Gasteiger partial charge on any atom is 0.336 e. The van der Waals surface area contributed by atoms with E-state index < -0.39 is 25.4 Å². The van der Waals surface area contributed by atoms with E-state index in [1.807, 2.05) is 12.1 Å². The van der Waals surface area contributed by atoms with E-state index in [0.717, 1.165) is 44.1 Å². The van der Waals surface area contributed by atoms with Gasteiger partial charge >= 0.3 is 5.97 Å². The van der Waals surface area contributed by atoms with Crippen molar-refractivity contribution in [3.63, 3.8) is 0 Å². The summed E-state index contributed by atoms with van der Waals surface area (Å²) >= 11 is 0. The van der Waals surface area contributed by atoms with Gasteiger partial charge in [0.05, 0.1) is 23.7 Å². The first-order chi connectivity index (χ1) is 22.9. The summed E-state index contributed by atoms with van der Waals surface area (Å²) in [6.07, 6.45) is 8.27. The molecule has 1 N–H and O–H groups in total. The third kappa shape index (κ3) is 4.46. The van der Waals surface area contributed by atoms with E-state index in [1.165, 1.54) is 10.4 Å². The van der Waals surface area contributed by atoms with Crippen LogP contribution in [-0.4, -0.2) is 55.7 Å². The number of ether oxygens (including phenoxy) is 2. The molecule has 4 fully saturated rings. The van der Waals surface area contributed by atoms with Crippen LogP contribution in [0.4, 0.5) is 0 Å². The summed E-state index contributed by atoms with van der Waals surface area (Å²) < 4.78 is 19.5. The van der Waals surface area contributed by atoms with Gasteiger partial charge in [-0.25, -0.2) is 4.79 Å². The maximum atomic E-state index is 13.7. The summed E-state index contributed by atoms with van der Waals surface area (Å²) in [7, 11) is -2.57. The molecule has 0 aromatic heterocycles. The molecular weight excluding hydrogens is 617 g/mol. The zero-order valence-electron chi connectivity index (χ0n) is 29.0. The molecule has 6 nitrogen and oxygen atoms in total. The number of aliphatic hydroxyl groups excluding tert-OH is 1. The number of hydrogen-bond donors (Lipinski definition) is 1. The number of ketones is 1. The minimum atomic E-state index is -2.57. The Bertz CT molecular complexity index is 1630. The number of allylic oxidation sites excluding steroid dienone is 1. The Kier molecular flexibility index (Phi) is 7.65. The van der Waals surface area contributed by atoms with Gasteiger partial charge in [-0.05, 0) is 110 Å². The first-order valence-corrected chi connectivity index (χ1v) is 20.6. The van der Waals surface area contributed by atoms with Gasteiger partial charge < -0.3 is 19.0 Å². The molecule has 48 heavy (non-hydrogen) atoms. The Morgan fingerprint density at radius 3 is 2.29 bits per heavy atom. The normalized spacial score (nSPS) is 40.8. The lowest BCUT2D eigenvalue weighted by molar-refractivity contribution is -0.155. The maximum absolute atomic E-state index is 13.7. The number of aliphatic hydroxyl groups is 1. The fourth-order valence-corrected chi connectivity index (χ4v) is 14.5. The smallest absolute Gasteiger partial charge is 0.336 e. The highest BCUT2D eigenvalue weighted by molar-refractivity contribution is 6.96. The van der Waals surface area contributed by atoms with Crippen LogP contribution >= 0.6 is 0 Å². The van der Waals surface area contributed by atoms with Crippen molar-refractivity contribution in [2.45, 2.75) is 96.7 Å². The Balaban J connectivity index is 0.989. The molecule has 2 aliphatic heterocycles. The van der Waals surface area contributed by atoms with Crippen LogP contribution in [0.5, 0.6) is 0 Å². The first kappa shape index (κ1) is 32.4. The third-order valence-electron chi connectivity index (χ3n) is 14.6. The van der Waals surface area contributed by atoms with Crippen LogP contribution in [0.25, 0.3) is 0 Å². The molecule has 2 heterocycles. The fraction of sp³-hybridized carbons (Fsp3) is 0.561. The van der Waals surface area contributed by atoms with Gasteiger partial charge in [0, 0.05) is 6.42 Å². The number of benzene rings is 2. The molecule has 0 radical (unpaired) electrons. The van der Waals surface area contributed by atoms with Crippen molar-refractivity contribution >= 4 is 30.4 Å². The van der Waals surface area contributed by atoms with Gasteiger partial charge in [0.1, 0.15) is 17.8 Å². The summed E-state index contributed by atoms with van der Waals surface area (Å²) in [5, 5.41) is 13.4. The van der Waals surface area contributed by atoms with E-state index in [1.54, 1.807) is 12.2 Å². The lowest BCUT2D eigenvalue weighted by Gasteiger charge is -2.58. The van der Waals surface area contributed by atoms with Crippen LogP contribution in [0.2, 0.25) is 6.55 Å². The van der Waals surface area contributed by atoms with Crippen LogP contribution < -0.4 is 10.4 Å². The summed E-state index contributed by atoms with van der Waals surface area (Å²) in [5.74, 6) is 1.67. The Morgan fingerprint density at radius 2 is 1.65 bits per heavy atom. The molecule has 3 saturated carbocycles. The molecule has 6 aliphatic rings. The quantitative estimate of drug-likeness (QED) is 0.230. The van der Waals surface area contributed by atoms with Crippen molar-refractivity contribution in [1.29, 1.82) is 0 Å². The number of epoxide rings is 1. The highest BCUT2D eigenvalue weighted by atomic mass is 28.4. The van der Waals surface area contributed by atoms with Crippen molar-refractivity contribution in [3.05, 3.63) is 84.0 Å². The first-order valence-electron chi connectivity index (χ1n) is 18.2. The second kappa shape index (κ2) is 11.3. The van der Waals surface area contributed by atoms with Crippen molar-refractivity contribution in [2.75, 3.05) is 6.61 Å². The van der Waals surface area contributed by atoms with Gasteiger partial charge in [-0.3, -0.25) is 4.79 Å². The Morgan fingerprint density at radius 1 is 0.979 bits per heavy atom. The van der Waals surface area contributed by atoms with Crippen LogP contribution in [0, 0.1) is 40.4 Å². The van der Waals surface area contributed by atoms with Crippen LogP contribution in [-0.2, 0) is 23.5 Å². The molecule has 7 heteroatoms. The number of hydrogen-bond acceptors (Lipinski definition) is 6. The van der Waals surface area contributed by atoms with Crippen molar-refractivity contribution in [1.82, 2.24) is 0 Å². The van der Waals surface area contributed by atoms with E-state index in [9.17, 15) is 14.7 Å². The predicted octanol–water partition coefficient (Wildman–Crippen LogP) is 5.77. The molecule has 0 amide bonds. The average molecular weight is 667 g/mol. The van der Waals surface area contributed by atoms with E-state index in [0.29, 0.717) is 23.3 Å². The molecule has 2 aromatic rings. The number of fused-ring (bicyclic) bond motifs is 4. The minimum Gasteiger partial charge on any atom is -0.458 e. The van der Waals surface area contributed by atoms with Crippen molar-refractivity contribution < 1.29 is 28.6 Å². The summed E-state index contributed by atoms with van der Waals surface area (Å²) in [6.45, 7) is 11.4. The zero-order valence-corrected chi connectivity index (χ0v) is 30.0. The second-order valence-corrected chi connectivity index (χ2v) is 19.9. The van der Waals surface area contributed by atoms with Crippen LogP contribution in [0.1, 0.15) is 66.2 Å². The lowest BCUT2D eigenvalue weighted by Crippen LogP contribution is -2.63. The van der Waals surface area contributed by atoms with Crippen molar-refractivity contribution in [3.8, 4) is 0 Å². The van der Waals surface area contributed by atoms with Gasteiger partial charge in [0.15, 0.2) is 5.78 Å². The number of rotatable bonds is 7. The van der Waals surface area contributed by atoms with Gasteiger partial charge in [-0.1, -0.05) is 80.1 Å². The molecule has 0 bridgehead atoms. The largest absolute Gasteiger partial charge is 0.458 e. The molecule has 0 unspecified atom stereocenters. The minimum absolute atomic E-state index is 0.0482. The zero-order chi connectivity index (χ0) is 33.6. The molecule has 1 spiro atoms. The summed E-state index contributed by atoms with van der Waals surface area (Å²) in [6, 6.07) is 20.8. The van der Waals surface area contributed by atoms with E-state index in [-0.39, 0.29) is 47.8 Å². The SMILES string of the molecule is CC1=C(CO[Si](C)(c2ccccc2)c2ccccc2)C(=O)O[C@@H]([C@@H](C)[C@H]2CC[C@H]3[C@@H]4C[C@H]5O[C@]56[C@@H](O)C=CC(=O)[C@]6(C)[C@H]4CC[C@]23C)C1. The van der Waals surface area contributed by atoms with Gasteiger partial charge in [-0.2, -0.15) is 0 Å². The van der Waals surface area contributed by atoms with Crippen LogP contribution in [0.3, 0.4) is 0 Å². The van der Waals surface area contributed by atoms with Gasteiger partial charge in [-0.15, -0.1) is 0 Å². The third-order valence-corrected chi connectivity index (χ3v) is 18.2. The van der Waals surface area contributed by atoms with Gasteiger partial charge in [0.2, 0.25) is 0 Å². The topological polar surface area (TPSA) is 85.4 Å². The highest BCUT2D eigenvalue weighted by Crippen LogP contribution is 2.73. The average Bonchev–Trinajstić information content (AvgIpc) is 3.73. The Hall–Kier alpha value is -2.84. The molecule has 8 rings (SSSR count). The predicted molar refractivity (Wildman–Crippen MR) is 187 cm³/mol. The van der Waals surface area contributed by atoms with E-state index in [2.05, 4.69) is 82.8 Å². The second-order valence-electron chi connectivity index (χ2n) is 16.4. The highest BCUT2D eigenvalue weighted by Gasteiger charge is 2.80. The standard InChI is InChI=1S/C41H50O6Si/c1-25-22-34(46-38(44)30(25)24-45-48(5,27-12-8-6-9-13-27)28-14-10-7-11-15-28)26(2)31-16-17-32-29-23-37-41(47-37)36(43)19-18-35(42)40(41,4)33(29)20-21-39(31,32)3/h6-15,18-19,26,29,31-34,36-37,43H,16-17,20-24H2,1-5H3/t26-,29-,31+,32-,33-,34+,36-,37+,39+,40-,41+/m0/s1. The molecule has 4 aliphatic carbocycles. The molecule has 11 atom stereocenters. The summed E-state index contributed by atoms with van der Waals surface area (Å²) in [5.41, 5.74) is 0.456. The number of carbonyl (C=O) groups is 2. The number of carbonyl (C=O) groups excluding carboxylic acids is 2. The number of esters is 1. The monoisotopic (exact) mass is 666 g/mol. The van der Waals surface area contributed by atoms with Gasteiger partial charge in [0.25, 0.3) is 8.32 Å².